The summed E-state index contributed by atoms with van der Waals surface area (Å²) in [6.07, 6.45) is 2.02. The van der Waals surface area contributed by atoms with Gasteiger partial charge in [-0.15, -0.1) is 0 Å². The number of hydrogen-bond donors (Lipinski definition) is 8. The van der Waals surface area contributed by atoms with Crippen molar-refractivity contribution in [1.29, 1.82) is 0 Å². The molecule has 0 fully saturated rings. The minimum Gasteiger partial charge on any atom is -0.480 e. The zero-order chi connectivity index (χ0) is 22.2. The highest BCUT2D eigenvalue weighted by Gasteiger charge is 2.22. The average Bonchev–Trinajstić information content (AvgIpc) is 2.67. The molecule has 12 N–H and O–H groups in total. The van der Waals surface area contributed by atoms with Crippen molar-refractivity contribution in [3.8, 4) is 0 Å². The number of nitrogens with zero attached hydrogens (tertiary/aromatic N) is 1. The third kappa shape index (κ3) is 13.0. The van der Waals surface area contributed by atoms with Crippen molar-refractivity contribution < 1.29 is 24.3 Å². The highest BCUT2D eigenvalue weighted by molar-refractivity contribution is 5.91. The first-order chi connectivity index (χ1) is 13.7. The van der Waals surface area contributed by atoms with Crippen LogP contribution in [0.4, 0.5) is 0 Å². The molecule has 0 aromatic carbocycles. The van der Waals surface area contributed by atoms with E-state index in [1.165, 1.54) is 0 Å². The number of unbranched alkanes of at least 4 members (excludes halogenated alkanes) is 1. The Morgan fingerprint density at radius 1 is 0.897 bits per heavy atom. The molecule has 166 valence electrons. The molecule has 0 rings (SSSR count). The fraction of sp³-hybridized carbons (Fsp3) is 0.688. The van der Waals surface area contributed by atoms with Gasteiger partial charge < -0.3 is 44.0 Å². The van der Waals surface area contributed by atoms with Crippen LogP contribution in [0.5, 0.6) is 0 Å². The Labute approximate surface area is 169 Å². The molecule has 0 aliphatic heterocycles. The Kier molecular flexibility index (Phi) is 13.5. The molecule has 2 atom stereocenters. The fourth-order valence-electron chi connectivity index (χ4n) is 2.31. The van der Waals surface area contributed by atoms with Gasteiger partial charge in [0.25, 0.3) is 0 Å². The monoisotopic (exact) mass is 416 g/mol. The zero-order valence-electron chi connectivity index (χ0n) is 16.4. The van der Waals surface area contributed by atoms with Crippen molar-refractivity contribution in [2.45, 2.75) is 44.2 Å². The molecule has 0 unspecified atom stereocenters. The summed E-state index contributed by atoms with van der Waals surface area (Å²) in [5.74, 6) is -3.07. The lowest BCUT2D eigenvalue weighted by Gasteiger charge is -2.19. The Morgan fingerprint density at radius 2 is 1.52 bits per heavy atom. The van der Waals surface area contributed by atoms with Gasteiger partial charge in [0.2, 0.25) is 17.7 Å². The predicted molar refractivity (Wildman–Crippen MR) is 106 cm³/mol. The number of amides is 3. The van der Waals surface area contributed by atoms with Crippen LogP contribution in [-0.4, -0.2) is 73.0 Å². The van der Waals surface area contributed by atoms with Crippen LogP contribution >= 0.6 is 0 Å². The van der Waals surface area contributed by atoms with Gasteiger partial charge in [0.15, 0.2) is 5.96 Å². The Hall–Kier alpha value is -2.93. The van der Waals surface area contributed by atoms with Gasteiger partial charge in [-0.3, -0.25) is 19.4 Å². The zero-order valence-corrected chi connectivity index (χ0v) is 16.4. The molecule has 0 aliphatic rings. The van der Waals surface area contributed by atoms with E-state index in [2.05, 4.69) is 20.9 Å². The summed E-state index contributed by atoms with van der Waals surface area (Å²) in [5, 5.41) is 16.3. The third-order valence-corrected chi connectivity index (χ3v) is 3.79. The lowest BCUT2D eigenvalue weighted by molar-refractivity contribution is -0.142. The number of hydrogen-bond acceptors (Lipinski definition) is 7. The van der Waals surface area contributed by atoms with Crippen molar-refractivity contribution in [2.24, 2.45) is 27.9 Å². The van der Waals surface area contributed by atoms with E-state index in [1.54, 1.807) is 0 Å². The van der Waals surface area contributed by atoms with E-state index in [-0.39, 0.29) is 31.9 Å². The number of carbonyl (C=O) groups excluding carboxylic acids is 3. The average molecular weight is 416 g/mol. The number of aliphatic imine (C=N–C) groups is 1. The van der Waals surface area contributed by atoms with Crippen LogP contribution in [-0.2, 0) is 19.2 Å². The SMILES string of the molecule is NCCCC[C@H](NC(=O)CNC(=O)[C@H](CCCN=C(N)N)NC(=O)CN)C(=O)O. The second-order valence-electron chi connectivity index (χ2n) is 6.23. The number of aliphatic carboxylic acids is 1. The van der Waals surface area contributed by atoms with E-state index < -0.39 is 42.3 Å². The van der Waals surface area contributed by atoms with Crippen LogP contribution in [0.1, 0.15) is 32.1 Å². The van der Waals surface area contributed by atoms with E-state index in [9.17, 15) is 19.2 Å². The predicted octanol–water partition coefficient (Wildman–Crippen LogP) is -3.70. The van der Waals surface area contributed by atoms with Gasteiger partial charge >= 0.3 is 5.97 Å². The van der Waals surface area contributed by atoms with Gasteiger partial charge in [0.1, 0.15) is 12.1 Å². The van der Waals surface area contributed by atoms with Crippen LogP contribution in [0, 0.1) is 0 Å². The molecule has 0 saturated heterocycles. The van der Waals surface area contributed by atoms with Crippen LogP contribution in [0.25, 0.3) is 0 Å². The molecular formula is C16H32N8O5. The van der Waals surface area contributed by atoms with E-state index in [4.69, 9.17) is 28.0 Å². The number of carboxylic acids is 1. The van der Waals surface area contributed by atoms with E-state index in [0.29, 0.717) is 25.8 Å². The molecule has 3 amide bonds. The largest absolute Gasteiger partial charge is 0.480 e. The smallest absolute Gasteiger partial charge is 0.326 e. The van der Waals surface area contributed by atoms with E-state index in [1.807, 2.05) is 0 Å². The van der Waals surface area contributed by atoms with Gasteiger partial charge in [-0.2, -0.15) is 0 Å². The number of carbonyl (C=O) groups is 4. The van der Waals surface area contributed by atoms with Gasteiger partial charge in [0.05, 0.1) is 13.1 Å². The Morgan fingerprint density at radius 3 is 2.07 bits per heavy atom. The second-order valence-corrected chi connectivity index (χ2v) is 6.23. The Bertz CT molecular complexity index is 580. The highest BCUT2D eigenvalue weighted by Crippen LogP contribution is 2.01. The van der Waals surface area contributed by atoms with Crippen molar-refractivity contribution in [1.82, 2.24) is 16.0 Å². The number of nitrogens with two attached hydrogens (primary N) is 4. The number of nitrogens with one attached hydrogen (secondary N) is 3. The molecule has 0 heterocycles. The Balaban J connectivity index is 4.64. The molecule has 0 aliphatic carbocycles. The first kappa shape index (κ1) is 26.1. The van der Waals surface area contributed by atoms with Crippen LogP contribution in [0.2, 0.25) is 0 Å². The second kappa shape index (κ2) is 15.0. The van der Waals surface area contributed by atoms with Crippen molar-refractivity contribution in [2.75, 3.05) is 26.2 Å². The van der Waals surface area contributed by atoms with E-state index in [0.717, 1.165) is 0 Å². The van der Waals surface area contributed by atoms with Gasteiger partial charge in [-0.1, -0.05) is 0 Å². The van der Waals surface area contributed by atoms with Crippen molar-refractivity contribution >= 4 is 29.7 Å². The molecule has 0 aromatic rings. The molecule has 13 nitrogen and oxygen atoms in total. The molecule has 0 bridgehead atoms. The highest BCUT2D eigenvalue weighted by atomic mass is 16.4. The van der Waals surface area contributed by atoms with Gasteiger partial charge in [-0.25, -0.2) is 4.79 Å². The quantitative estimate of drug-likeness (QED) is 0.0742. The normalized spacial score (nSPS) is 12.3. The molecular weight excluding hydrogens is 384 g/mol. The summed E-state index contributed by atoms with van der Waals surface area (Å²) < 4.78 is 0. The summed E-state index contributed by atoms with van der Waals surface area (Å²) in [7, 11) is 0. The van der Waals surface area contributed by atoms with Gasteiger partial charge in [-0.05, 0) is 38.6 Å². The summed E-state index contributed by atoms with van der Waals surface area (Å²) in [5.41, 5.74) is 21.1. The number of rotatable bonds is 15. The van der Waals surface area contributed by atoms with Crippen molar-refractivity contribution in [3.05, 3.63) is 0 Å². The molecule has 29 heavy (non-hydrogen) atoms. The number of carboxylic acid groups (broad SMARTS) is 1. The summed E-state index contributed by atoms with van der Waals surface area (Å²) in [6.45, 7) is -0.0622. The molecule has 0 aromatic heterocycles. The summed E-state index contributed by atoms with van der Waals surface area (Å²) in [4.78, 5) is 50.8. The lowest BCUT2D eigenvalue weighted by Crippen LogP contribution is -2.51. The fourth-order valence-corrected chi connectivity index (χ4v) is 2.31. The third-order valence-electron chi connectivity index (χ3n) is 3.79. The molecule has 0 saturated carbocycles. The maximum absolute atomic E-state index is 12.3. The molecule has 0 spiro atoms. The number of guanidine groups is 1. The van der Waals surface area contributed by atoms with E-state index >= 15 is 0 Å². The first-order valence-electron chi connectivity index (χ1n) is 9.26. The molecule has 13 heteroatoms. The maximum atomic E-state index is 12.3. The summed E-state index contributed by atoms with van der Waals surface area (Å²) >= 11 is 0. The lowest BCUT2D eigenvalue weighted by atomic mass is 10.1. The summed E-state index contributed by atoms with van der Waals surface area (Å²) in [6, 6.07) is -2.01. The maximum Gasteiger partial charge on any atom is 0.326 e. The van der Waals surface area contributed by atoms with Gasteiger partial charge in [0, 0.05) is 6.54 Å². The van der Waals surface area contributed by atoms with Crippen LogP contribution in [0.15, 0.2) is 4.99 Å². The topological polar surface area (TPSA) is 241 Å². The molecule has 0 radical (unpaired) electrons. The standard InChI is InChI=1S/C16H32N8O5/c17-6-2-1-4-11(15(28)29)24-13(26)9-22-14(27)10(23-12(25)8-18)5-3-7-21-16(19)20/h10-11H,1-9,17-18H2,(H,22,27)(H,23,25)(H,24,26)(H,28,29)(H4,19,20,21)/t10-,11-/m0/s1. The minimum absolute atomic E-state index is 0.0897. The van der Waals surface area contributed by atoms with Crippen LogP contribution in [0.3, 0.4) is 0 Å². The first-order valence-corrected chi connectivity index (χ1v) is 9.26. The minimum atomic E-state index is -1.17. The van der Waals surface area contributed by atoms with Crippen LogP contribution < -0.4 is 38.9 Å². The van der Waals surface area contributed by atoms with Crippen molar-refractivity contribution in [3.63, 3.8) is 0 Å².